The average Bonchev–Trinajstić information content (AvgIpc) is 2.95. The van der Waals surface area contributed by atoms with E-state index in [2.05, 4.69) is 5.32 Å². The summed E-state index contributed by atoms with van der Waals surface area (Å²) < 4.78 is 10.4. The molecular formula is C20H23NO4S. The van der Waals surface area contributed by atoms with Crippen LogP contribution >= 0.6 is 11.3 Å². The maximum absolute atomic E-state index is 12.4. The Balaban J connectivity index is 2.28. The smallest absolute Gasteiger partial charge is 0.412 e. The molecule has 0 unspecified atom stereocenters. The predicted octanol–water partition coefficient (Wildman–Crippen LogP) is 5.44. The molecule has 0 radical (unpaired) electrons. The molecule has 0 aliphatic heterocycles. The Morgan fingerprint density at radius 2 is 1.85 bits per heavy atom. The third kappa shape index (κ3) is 5.74. The first kappa shape index (κ1) is 19.7. The molecule has 6 heteroatoms. The van der Waals surface area contributed by atoms with Gasteiger partial charge in [-0.1, -0.05) is 42.5 Å². The van der Waals surface area contributed by atoms with Crippen molar-refractivity contribution < 1.29 is 19.1 Å². The van der Waals surface area contributed by atoms with Crippen LogP contribution in [0.2, 0.25) is 0 Å². The van der Waals surface area contributed by atoms with E-state index in [0.717, 1.165) is 5.56 Å². The lowest BCUT2D eigenvalue weighted by molar-refractivity contribution is 0.0528. The van der Waals surface area contributed by atoms with Gasteiger partial charge in [0, 0.05) is 10.9 Å². The van der Waals surface area contributed by atoms with E-state index in [0.29, 0.717) is 16.1 Å². The normalized spacial score (nSPS) is 11.4. The maximum atomic E-state index is 12.4. The largest absolute Gasteiger partial charge is 0.462 e. The lowest BCUT2D eigenvalue weighted by Crippen LogP contribution is -2.27. The van der Waals surface area contributed by atoms with Gasteiger partial charge in [0.1, 0.15) is 16.2 Å². The van der Waals surface area contributed by atoms with Crippen LogP contribution in [0.3, 0.4) is 0 Å². The number of esters is 1. The Morgan fingerprint density at radius 3 is 2.46 bits per heavy atom. The minimum absolute atomic E-state index is 0.252. The van der Waals surface area contributed by atoms with Crippen molar-refractivity contribution in [1.82, 2.24) is 0 Å². The minimum atomic E-state index is -0.624. The zero-order valence-corrected chi connectivity index (χ0v) is 16.2. The Hall–Kier alpha value is -2.60. The third-order valence-electron chi connectivity index (χ3n) is 3.17. The summed E-state index contributed by atoms with van der Waals surface area (Å²) in [7, 11) is 0. The molecule has 0 saturated carbocycles. The lowest BCUT2D eigenvalue weighted by atomic mass is 10.1. The molecule has 1 aromatic carbocycles. The fourth-order valence-electron chi connectivity index (χ4n) is 2.15. The molecule has 0 atom stereocenters. The van der Waals surface area contributed by atoms with Gasteiger partial charge in [-0.3, -0.25) is 5.32 Å². The minimum Gasteiger partial charge on any atom is -0.462 e. The van der Waals surface area contributed by atoms with E-state index in [1.54, 1.807) is 33.1 Å². The summed E-state index contributed by atoms with van der Waals surface area (Å²) in [5.41, 5.74) is 1.40. The van der Waals surface area contributed by atoms with Crippen LogP contribution in [0.5, 0.6) is 0 Å². The van der Waals surface area contributed by atoms with Crippen molar-refractivity contribution in [3.8, 4) is 0 Å². The number of amides is 1. The number of rotatable bonds is 5. The highest BCUT2D eigenvalue weighted by Crippen LogP contribution is 2.31. The van der Waals surface area contributed by atoms with Crippen molar-refractivity contribution in [2.24, 2.45) is 0 Å². The number of nitrogens with one attached hydrogen (secondary N) is 1. The van der Waals surface area contributed by atoms with E-state index in [4.69, 9.17) is 9.47 Å². The number of hydrogen-bond donors (Lipinski definition) is 1. The summed E-state index contributed by atoms with van der Waals surface area (Å²) in [4.78, 5) is 24.4. The van der Waals surface area contributed by atoms with E-state index in [9.17, 15) is 9.59 Å². The van der Waals surface area contributed by atoms with Crippen molar-refractivity contribution in [2.75, 3.05) is 11.9 Å². The zero-order chi connectivity index (χ0) is 19.2. The first-order valence-corrected chi connectivity index (χ1v) is 9.20. The van der Waals surface area contributed by atoms with Gasteiger partial charge in [-0.25, -0.2) is 9.59 Å². The Labute approximate surface area is 157 Å². The fraction of sp³-hybridized carbons (Fsp3) is 0.300. The van der Waals surface area contributed by atoms with Crippen LogP contribution < -0.4 is 5.32 Å². The monoisotopic (exact) mass is 373 g/mol. The molecule has 0 spiro atoms. The molecule has 2 rings (SSSR count). The lowest BCUT2D eigenvalue weighted by Gasteiger charge is -2.19. The van der Waals surface area contributed by atoms with Gasteiger partial charge in [0.15, 0.2) is 0 Å². The topological polar surface area (TPSA) is 64.6 Å². The molecule has 2 aromatic rings. The van der Waals surface area contributed by atoms with Crippen LogP contribution in [0.25, 0.3) is 12.2 Å². The van der Waals surface area contributed by atoms with Crippen LogP contribution in [0.4, 0.5) is 9.80 Å². The Morgan fingerprint density at radius 1 is 1.15 bits per heavy atom. The van der Waals surface area contributed by atoms with E-state index >= 15 is 0 Å². The number of carbonyl (C=O) groups excluding carboxylic acids is 2. The van der Waals surface area contributed by atoms with Gasteiger partial charge in [-0.05, 0) is 33.3 Å². The molecule has 1 N–H and O–H groups in total. The van der Waals surface area contributed by atoms with Gasteiger partial charge in [-0.15, -0.1) is 11.3 Å². The van der Waals surface area contributed by atoms with E-state index in [1.807, 2.05) is 42.5 Å². The third-order valence-corrected chi connectivity index (χ3v) is 4.08. The molecule has 1 aromatic heterocycles. The second-order valence-corrected chi connectivity index (χ2v) is 7.37. The van der Waals surface area contributed by atoms with E-state index in [1.165, 1.54) is 11.3 Å². The van der Waals surface area contributed by atoms with Gasteiger partial charge in [0.25, 0.3) is 0 Å². The molecule has 26 heavy (non-hydrogen) atoms. The number of thiophene rings is 1. The number of hydrogen-bond acceptors (Lipinski definition) is 5. The van der Waals surface area contributed by atoms with Crippen molar-refractivity contribution in [3.05, 3.63) is 52.4 Å². The predicted molar refractivity (Wildman–Crippen MR) is 106 cm³/mol. The van der Waals surface area contributed by atoms with Crippen molar-refractivity contribution in [2.45, 2.75) is 33.3 Å². The summed E-state index contributed by atoms with van der Waals surface area (Å²) in [5, 5.41) is 4.86. The number of carbonyl (C=O) groups is 2. The molecular weight excluding hydrogens is 350 g/mol. The van der Waals surface area contributed by atoms with E-state index < -0.39 is 17.7 Å². The van der Waals surface area contributed by atoms with Gasteiger partial charge >= 0.3 is 12.1 Å². The standard InChI is InChI=1S/C20H23NO4S/c1-5-24-18(22)16-15(12-11-14-9-7-6-8-10-14)13-26-17(16)21-19(23)25-20(2,3)4/h6-13H,5H2,1-4H3,(H,21,23). The van der Waals surface area contributed by atoms with E-state index in [-0.39, 0.29) is 6.61 Å². The van der Waals surface area contributed by atoms with Crippen molar-refractivity contribution in [3.63, 3.8) is 0 Å². The highest BCUT2D eigenvalue weighted by atomic mass is 32.1. The van der Waals surface area contributed by atoms with Crippen molar-refractivity contribution in [1.29, 1.82) is 0 Å². The van der Waals surface area contributed by atoms with Gasteiger partial charge < -0.3 is 9.47 Å². The summed E-state index contributed by atoms with van der Waals surface area (Å²) in [6.07, 6.45) is 3.13. The molecule has 0 aliphatic carbocycles. The fourth-order valence-corrected chi connectivity index (χ4v) is 3.05. The quantitative estimate of drug-likeness (QED) is 0.709. The number of ether oxygens (including phenoxy) is 2. The summed E-state index contributed by atoms with van der Waals surface area (Å²) >= 11 is 1.26. The molecule has 1 heterocycles. The maximum Gasteiger partial charge on any atom is 0.412 e. The number of benzene rings is 1. The van der Waals surface area contributed by atoms with Crippen LogP contribution in [0.1, 0.15) is 49.2 Å². The summed E-state index contributed by atoms with van der Waals surface area (Å²) in [6, 6.07) is 9.75. The first-order valence-electron chi connectivity index (χ1n) is 8.32. The second-order valence-electron chi connectivity index (χ2n) is 6.49. The molecule has 0 aliphatic rings. The van der Waals surface area contributed by atoms with Crippen molar-refractivity contribution >= 4 is 40.6 Å². The van der Waals surface area contributed by atoms with Gasteiger partial charge in [-0.2, -0.15) is 0 Å². The van der Waals surface area contributed by atoms with Crippen LogP contribution in [0.15, 0.2) is 35.7 Å². The summed E-state index contributed by atoms with van der Waals surface area (Å²) in [5.74, 6) is -0.479. The Bertz CT molecular complexity index is 788. The Kier molecular flexibility index (Phi) is 6.58. The highest BCUT2D eigenvalue weighted by Gasteiger charge is 2.23. The van der Waals surface area contributed by atoms with Gasteiger partial charge in [0.05, 0.1) is 6.61 Å². The van der Waals surface area contributed by atoms with Gasteiger partial charge in [0.2, 0.25) is 0 Å². The molecule has 0 saturated heterocycles. The molecule has 138 valence electrons. The molecule has 0 fully saturated rings. The molecule has 0 bridgehead atoms. The summed E-state index contributed by atoms with van der Waals surface area (Å²) in [6.45, 7) is 7.33. The SMILES string of the molecule is CCOC(=O)c1c(C=Cc2ccccc2)csc1NC(=O)OC(C)(C)C. The van der Waals surface area contributed by atoms with Crippen LogP contribution in [-0.2, 0) is 9.47 Å². The second kappa shape index (κ2) is 8.67. The number of anilines is 1. The zero-order valence-electron chi connectivity index (χ0n) is 15.4. The van der Waals surface area contributed by atoms with Crippen LogP contribution in [0, 0.1) is 0 Å². The molecule has 1 amide bonds. The van der Waals surface area contributed by atoms with Crippen LogP contribution in [-0.4, -0.2) is 24.3 Å². The highest BCUT2D eigenvalue weighted by molar-refractivity contribution is 7.15. The molecule has 5 nitrogen and oxygen atoms in total. The first-order chi connectivity index (χ1) is 12.3. The average molecular weight is 373 g/mol.